The Morgan fingerprint density at radius 1 is 1.31 bits per heavy atom. The molecule has 2 N–H and O–H groups in total. The van der Waals surface area contributed by atoms with Gasteiger partial charge >= 0.3 is 5.97 Å². The van der Waals surface area contributed by atoms with Crippen LogP contribution in [0.4, 0.5) is 5.69 Å². The van der Waals surface area contributed by atoms with Crippen molar-refractivity contribution in [2.45, 2.75) is 45.4 Å². The van der Waals surface area contributed by atoms with Crippen molar-refractivity contribution in [3.05, 3.63) is 58.0 Å². The summed E-state index contributed by atoms with van der Waals surface area (Å²) in [6, 6.07) is 7.67. The summed E-state index contributed by atoms with van der Waals surface area (Å²) < 4.78 is 16.8. The maximum atomic E-state index is 12.9. The van der Waals surface area contributed by atoms with Gasteiger partial charge < -0.3 is 19.9 Å². The Bertz CT molecular complexity index is 997. The van der Waals surface area contributed by atoms with Gasteiger partial charge in [-0.15, -0.1) is 0 Å². The van der Waals surface area contributed by atoms with Gasteiger partial charge in [-0.05, 0) is 62.8 Å². The van der Waals surface area contributed by atoms with E-state index in [1.807, 2.05) is 24.3 Å². The summed E-state index contributed by atoms with van der Waals surface area (Å²) in [6.45, 7) is 3.85. The molecule has 0 radical (unpaired) electrons. The van der Waals surface area contributed by atoms with Crippen LogP contribution in [0.1, 0.15) is 55.0 Å². The molecule has 0 saturated heterocycles. The second kappa shape index (κ2) is 7.78. The molecule has 2 heterocycles. The number of esters is 1. The average Bonchev–Trinajstić information content (AvgIpc) is 2.73. The Kier molecular flexibility index (Phi) is 5.18. The zero-order chi connectivity index (χ0) is 20.5. The molecule has 4 rings (SSSR count). The fourth-order valence-corrected chi connectivity index (χ4v) is 4.29. The maximum Gasteiger partial charge on any atom is 0.338 e. The smallest absolute Gasteiger partial charge is 0.338 e. The second-order valence-electron chi connectivity index (χ2n) is 7.38. The number of nitrogens with zero attached hydrogens (tertiary/aromatic N) is 1. The Morgan fingerprint density at radius 2 is 2.10 bits per heavy atom. The van der Waals surface area contributed by atoms with Crippen LogP contribution in [0.15, 0.2) is 35.6 Å². The van der Waals surface area contributed by atoms with E-state index in [0.717, 1.165) is 48.1 Å². The largest absolute Gasteiger partial charge is 0.497 e. The molecule has 152 valence electrons. The van der Waals surface area contributed by atoms with Crippen LogP contribution in [0, 0.1) is 0 Å². The number of allylic oxidation sites excluding steroid dienone is 1. The highest BCUT2D eigenvalue weighted by atomic mass is 16.5. The molecule has 0 amide bonds. The van der Waals surface area contributed by atoms with E-state index in [2.05, 4.69) is 0 Å². The number of carbonyl (C=O) groups is 1. The molecule has 0 spiro atoms. The lowest BCUT2D eigenvalue weighted by atomic mass is 9.80. The Labute approximate surface area is 170 Å². The molecule has 1 aromatic heterocycles. The molecule has 1 aliphatic heterocycles. The summed E-state index contributed by atoms with van der Waals surface area (Å²) in [5.41, 5.74) is 11.5. The molecular weight excluding hydrogens is 368 g/mol. The van der Waals surface area contributed by atoms with E-state index < -0.39 is 11.9 Å². The highest BCUT2D eigenvalue weighted by Gasteiger charge is 2.38. The zero-order valence-electron chi connectivity index (χ0n) is 17.1. The molecule has 29 heavy (non-hydrogen) atoms. The van der Waals surface area contributed by atoms with Crippen molar-refractivity contribution in [3.63, 3.8) is 0 Å². The molecule has 0 unspecified atom stereocenters. The quantitative estimate of drug-likeness (QED) is 0.792. The minimum absolute atomic E-state index is 0.283. The van der Waals surface area contributed by atoms with Gasteiger partial charge in [0.1, 0.15) is 11.5 Å². The number of hydrogen-bond donors (Lipinski definition) is 1. The van der Waals surface area contributed by atoms with Gasteiger partial charge in [-0.3, -0.25) is 0 Å². The minimum atomic E-state index is -0.423. The van der Waals surface area contributed by atoms with Crippen molar-refractivity contribution in [3.8, 4) is 11.6 Å². The number of nitrogens with two attached hydrogens (primary N) is 1. The molecule has 2 aliphatic rings. The van der Waals surface area contributed by atoms with Gasteiger partial charge in [0.05, 0.1) is 30.8 Å². The van der Waals surface area contributed by atoms with Gasteiger partial charge in [0.2, 0.25) is 5.88 Å². The first-order valence-corrected chi connectivity index (χ1v) is 10.1. The molecule has 1 aliphatic carbocycles. The first kappa shape index (κ1) is 19.3. The lowest BCUT2D eigenvalue weighted by Crippen LogP contribution is -2.26. The zero-order valence-corrected chi connectivity index (χ0v) is 17.1. The van der Waals surface area contributed by atoms with Gasteiger partial charge in [0, 0.05) is 11.4 Å². The Hall–Kier alpha value is -3.02. The van der Waals surface area contributed by atoms with E-state index in [9.17, 15) is 4.79 Å². The first-order chi connectivity index (χ1) is 14.0. The number of rotatable bonds is 4. The molecule has 0 fully saturated rings. The lowest BCUT2D eigenvalue weighted by molar-refractivity contribution is -0.139. The van der Waals surface area contributed by atoms with E-state index in [1.54, 1.807) is 21.0 Å². The molecule has 0 saturated carbocycles. The van der Waals surface area contributed by atoms with Gasteiger partial charge in [-0.2, -0.15) is 0 Å². The molecule has 6 nitrogen and oxygen atoms in total. The fourth-order valence-electron chi connectivity index (χ4n) is 4.29. The average molecular weight is 394 g/mol. The third kappa shape index (κ3) is 3.33. The SMILES string of the molecule is CCOC(=O)C1=C(C)Oc2nc3c(c(N)c2[C@H]1c1cccc(OC)c1)CCCC3. The number of aryl methyl sites for hydroxylation is 1. The maximum absolute atomic E-state index is 12.9. The normalized spacial score (nSPS) is 17.8. The number of fused-ring (bicyclic) bond motifs is 2. The standard InChI is InChI=1S/C23H26N2O4/c1-4-28-23(26)18-13(2)29-22-20(19(18)14-8-7-9-15(12-14)27-3)21(24)16-10-5-6-11-17(16)25-22/h7-9,12,19H,4-6,10-11H2,1-3H3,(H2,24,25)/t19-/m0/s1. The first-order valence-electron chi connectivity index (χ1n) is 10.1. The van der Waals surface area contributed by atoms with Gasteiger partial charge in [-0.25, -0.2) is 9.78 Å². The molecule has 0 bridgehead atoms. The summed E-state index contributed by atoms with van der Waals surface area (Å²) in [7, 11) is 1.62. The number of pyridine rings is 1. The third-order valence-corrected chi connectivity index (χ3v) is 5.65. The summed E-state index contributed by atoms with van der Waals surface area (Å²) >= 11 is 0. The topological polar surface area (TPSA) is 83.7 Å². The number of methoxy groups -OCH3 is 1. The predicted octanol–water partition coefficient (Wildman–Crippen LogP) is 3.91. The van der Waals surface area contributed by atoms with Crippen molar-refractivity contribution in [2.24, 2.45) is 0 Å². The number of anilines is 1. The highest BCUT2D eigenvalue weighted by molar-refractivity contribution is 5.93. The van der Waals surface area contributed by atoms with Crippen LogP contribution in [0.2, 0.25) is 0 Å². The lowest BCUT2D eigenvalue weighted by Gasteiger charge is -2.31. The summed E-state index contributed by atoms with van der Waals surface area (Å²) in [5.74, 6) is 0.863. The molecule has 6 heteroatoms. The van der Waals surface area contributed by atoms with Crippen LogP contribution in [0.25, 0.3) is 0 Å². The van der Waals surface area contributed by atoms with Crippen molar-refractivity contribution in [1.82, 2.24) is 4.98 Å². The molecule has 1 atom stereocenters. The number of aromatic nitrogens is 1. The van der Waals surface area contributed by atoms with Crippen LogP contribution in [0.3, 0.4) is 0 Å². The van der Waals surface area contributed by atoms with Gasteiger partial charge in [0.25, 0.3) is 0 Å². The monoisotopic (exact) mass is 394 g/mol. The van der Waals surface area contributed by atoms with E-state index in [0.29, 0.717) is 28.6 Å². The molecular formula is C23H26N2O4. The number of hydrogen-bond acceptors (Lipinski definition) is 6. The van der Waals surface area contributed by atoms with Gasteiger partial charge in [0.15, 0.2) is 0 Å². The number of benzene rings is 1. The van der Waals surface area contributed by atoms with Crippen molar-refractivity contribution < 1.29 is 19.0 Å². The van der Waals surface area contributed by atoms with Crippen molar-refractivity contribution in [1.29, 1.82) is 0 Å². The Balaban J connectivity index is 1.96. The fraction of sp³-hybridized carbons (Fsp3) is 0.391. The van der Waals surface area contributed by atoms with Crippen molar-refractivity contribution >= 4 is 11.7 Å². The van der Waals surface area contributed by atoms with Crippen LogP contribution in [-0.4, -0.2) is 24.7 Å². The van der Waals surface area contributed by atoms with E-state index in [1.165, 1.54) is 0 Å². The van der Waals surface area contributed by atoms with E-state index >= 15 is 0 Å². The number of nitrogen functional groups attached to an aromatic ring is 1. The molecule has 1 aromatic carbocycles. The predicted molar refractivity (Wildman–Crippen MR) is 110 cm³/mol. The van der Waals surface area contributed by atoms with Crippen LogP contribution < -0.4 is 15.2 Å². The minimum Gasteiger partial charge on any atom is -0.497 e. The van der Waals surface area contributed by atoms with Crippen molar-refractivity contribution in [2.75, 3.05) is 19.5 Å². The highest BCUT2D eigenvalue weighted by Crippen LogP contribution is 2.48. The number of carbonyl (C=O) groups excluding carboxylic acids is 1. The number of ether oxygens (including phenoxy) is 3. The second-order valence-corrected chi connectivity index (χ2v) is 7.38. The summed E-state index contributed by atoms with van der Waals surface area (Å²) in [5, 5.41) is 0. The van der Waals surface area contributed by atoms with Crippen LogP contribution in [-0.2, 0) is 22.4 Å². The van der Waals surface area contributed by atoms with Crippen LogP contribution in [0.5, 0.6) is 11.6 Å². The summed E-state index contributed by atoms with van der Waals surface area (Å²) in [6.07, 6.45) is 3.97. The Morgan fingerprint density at radius 3 is 2.86 bits per heavy atom. The van der Waals surface area contributed by atoms with E-state index in [-0.39, 0.29) is 6.61 Å². The van der Waals surface area contributed by atoms with E-state index in [4.69, 9.17) is 24.9 Å². The summed E-state index contributed by atoms with van der Waals surface area (Å²) in [4.78, 5) is 17.7. The van der Waals surface area contributed by atoms with Gasteiger partial charge in [-0.1, -0.05) is 12.1 Å². The molecule has 2 aromatic rings. The third-order valence-electron chi connectivity index (χ3n) is 5.65. The van der Waals surface area contributed by atoms with Crippen LogP contribution >= 0.6 is 0 Å².